The average molecular weight is 350 g/mol. The fraction of sp³-hybridized carbons (Fsp3) is 0.250. The highest BCUT2D eigenvalue weighted by Gasteiger charge is 2.11. The highest BCUT2D eigenvalue weighted by Crippen LogP contribution is 2.22. The summed E-state index contributed by atoms with van der Waals surface area (Å²) in [6.45, 7) is 6.11. The van der Waals surface area contributed by atoms with E-state index < -0.39 is 0 Å². The van der Waals surface area contributed by atoms with Gasteiger partial charge < -0.3 is 15.5 Å². The van der Waals surface area contributed by atoms with Crippen LogP contribution in [0.5, 0.6) is 0 Å². The standard InChI is InChI=1S/C20H22N4O2/c1-4-26-20(25)15-9-10-16-17(11-15)24-19(23-16)14-7-5-13(6-8-14)18(21)22-12(2)3/h5-12H,4H2,1-3H3,(H2,21,22)(H,23,24). The number of nitrogens with two attached hydrogens (primary N) is 1. The second kappa shape index (κ2) is 7.39. The van der Waals surface area contributed by atoms with Gasteiger partial charge in [0.25, 0.3) is 0 Å². The van der Waals surface area contributed by atoms with Gasteiger partial charge in [-0.25, -0.2) is 9.78 Å². The summed E-state index contributed by atoms with van der Waals surface area (Å²) in [6.07, 6.45) is 0. The minimum absolute atomic E-state index is 0.152. The number of nitrogens with one attached hydrogen (secondary N) is 1. The molecular formula is C20H22N4O2. The minimum atomic E-state index is -0.338. The van der Waals surface area contributed by atoms with E-state index in [4.69, 9.17) is 10.5 Å². The number of carbonyl (C=O) groups excluding carboxylic acids is 1. The van der Waals surface area contributed by atoms with Gasteiger partial charge >= 0.3 is 5.97 Å². The Morgan fingerprint density at radius 2 is 1.88 bits per heavy atom. The van der Waals surface area contributed by atoms with Crippen LogP contribution in [0, 0.1) is 0 Å². The number of hydrogen-bond acceptors (Lipinski definition) is 4. The van der Waals surface area contributed by atoms with E-state index in [2.05, 4.69) is 15.0 Å². The molecule has 0 aliphatic carbocycles. The van der Waals surface area contributed by atoms with Gasteiger partial charge in [0.1, 0.15) is 11.7 Å². The lowest BCUT2D eigenvalue weighted by atomic mass is 10.1. The van der Waals surface area contributed by atoms with Crippen LogP contribution < -0.4 is 5.73 Å². The van der Waals surface area contributed by atoms with Crippen LogP contribution in [0.4, 0.5) is 0 Å². The largest absolute Gasteiger partial charge is 0.462 e. The van der Waals surface area contributed by atoms with E-state index in [1.54, 1.807) is 19.1 Å². The van der Waals surface area contributed by atoms with Gasteiger partial charge in [0.2, 0.25) is 0 Å². The van der Waals surface area contributed by atoms with E-state index in [1.807, 2.05) is 44.2 Å². The van der Waals surface area contributed by atoms with Crippen molar-refractivity contribution < 1.29 is 9.53 Å². The molecule has 1 aromatic heterocycles. The van der Waals surface area contributed by atoms with E-state index in [0.717, 1.165) is 28.0 Å². The molecule has 0 fully saturated rings. The normalized spacial score (nSPS) is 11.9. The lowest BCUT2D eigenvalue weighted by Gasteiger charge is -2.04. The molecule has 0 unspecified atom stereocenters. The number of rotatable bonds is 5. The van der Waals surface area contributed by atoms with Gasteiger partial charge in [-0.2, -0.15) is 0 Å². The molecule has 0 saturated heterocycles. The maximum absolute atomic E-state index is 11.9. The Morgan fingerprint density at radius 1 is 1.19 bits per heavy atom. The summed E-state index contributed by atoms with van der Waals surface area (Å²) in [4.78, 5) is 24.0. The molecular weight excluding hydrogens is 328 g/mol. The molecule has 3 N–H and O–H groups in total. The molecule has 26 heavy (non-hydrogen) atoms. The fourth-order valence-corrected chi connectivity index (χ4v) is 2.64. The Hall–Kier alpha value is -3.15. The van der Waals surface area contributed by atoms with Crippen LogP contribution >= 0.6 is 0 Å². The molecule has 0 aliphatic rings. The van der Waals surface area contributed by atoms with Crippen molar-refractivity contribution in [3.05, 3.63) is 53.6 Å². The van der Waals surface area contributed by atoms with Crippen LogP contribution in [0.3, 0.4) is 0 Å². The van der Waals surface area contributed by atoms with Crippen molar-refractivity contribution in [3.8, 4) is 11.4 Å². The number of aromatic amines is 1. The van der Waals surface area contributed by atoms with Crippen molar-refractivity contribution in [2.24, 2.45) is 10.7 Å². The molecule has 1 heterocycles. The molecule has 0 saturated carbocycles. The molecule has 6 heteroatoms. The van der Waals surface area contributed by atoms with Gasteiger partial charge in [0.15, 0.2) is 0 Å². The maximum atomic E-state index is 11.9. The Morgan fingerprint density at radius 3 is 2.54 bits per heavy atom. The maximum Gasteiger partial charge on any atom is 0.338 e. The van der Waals surface area contributed by atoms with Gasteiger partial charge in [-0.15, -0.1) is 0 Å². The Bertz CT molecular complexity index is 956. The van der Waals surface area contributed by atoms with Gasteiger partial charge in [-0.1, -0.05) is 24.3 Å². The lowest BCUT2D eigenvalue weighted by molar-refractivity contribution is 0.0526. The van der Waals surface area contributed by atoms with Crippen molar-refractivity contribution in [1.82, 2.24) is 9.97 Å². The number of carbonyl (C=O) groups is 1. The summed E-state index contributed by atoms with van der Waals surface area (Å²) >= 11 is 0. The predicted octanol–water partition coefficient (Wildman–Crippen LogP) is 3.52. The number of esters is 1. The lowest BCUT2D eigenvalue weighted by Crippen LogP contribution is -2.15. The Kier molecular flexibility index (Phi) is 5.02. The highest BCUT2D eigenvalue weighted by molar-refractivity contribution is 5.98. The summed E-state index contributed by atoms with van der Waals surface area (Å²) in [7, 11) is 0. The number of aliphatic imine (C=N–C) groups is 1. The zero-order valence-corrected chi connectivity index (χ0v) is 15.1. The van der Waals surface area contributed by atoms with Gasteiger partial charge in [-0.05, 0) is 39.0 Å². The first-order valence-electron chi connectivity index (χ1n) is 8.59. The van der Waals surface area contributed by atoms with Crippen LogP contribution in [0.15, 0.2) is 47.5 Å². The predicted molar refractivity (Wildman–Crippen MR) is 103 cm³/mol. The van der Waals surface area contributed by atoms with Crippen LogP contribution in [0.25, 0.3) is 22.4 Å². The van der Waals surface area contributed by atoms with E-state index in [1.165, 1.54) is 0 Å². The van der Waals surface area contributed by atoms with Crippen molar-refractivity contribution in [1.29, 1.82) is 0 Å². The number of fused-ring (bicyclic) bond motifs is 1. The van der Waals surface area contributed by atoms with E-state index in [0.29, 0.717) is 18.0 Å². The SMILES string of the molecule is CCOC(=O)c1ccc2nc(-c3ccc(C(N)=NC(C)C)cc3)[nH]c2c1. The number of aromatic nitrogens is 2. The van der Waals surface area contributed by atoms with Crippen LogP contribution in [-0.4, -0.2) is 34.4 Å². The van der Waals surface area contributed by atoms with E-state index >= 15 is 0 Å². The number of imidazole rings is 1. The smallest absolute Gasteiger partial charge is 0.338 e. The summed E-state index contributed by atoms with van der Waals surface area (Å²) in [5.74, 6) is 0.914. The van der Waals surface area contributed by atoms with Gasteiger partial charge in [0, 0.05) is 17.2 Å². The first-order valence-corrected chi connectivity index (χ1v) is 8.59. The third kappa shape index (κ3) is 3.74. The number of benzene rings is 2. The summed E-state index contributed by atoms with van der Waals surface area (Å²) < 4.78 is 5.03. The minimum Gasteiger partial charge on any atom is -0.462 e. The molecule has 3 aromatic rings. The summed E-state index contributed by atoms with van der Waals surface area (Å²) in [6, 6.07) is 13.2. The molecule has 0 atom stereocenters. The topological polar surface area (TPSA) is 93.4 Å². The number of ether oxygens (including phenoxy) is 1. The quantitative estimate of drug-likeness (QED) is 0.418. The first kappa shape index (κ1) is 17.7. The van der Waals surface area contributed by atoms with Crippen LogP contribution in [0.1, 0.15) is 36.7 Å². The number of nitrogens with zero attached hydrogens (tertiary/aromatic N) is 2. The van der Waals surface area contributed by atoms with Crippen molar-refractivity contribution in [3.63, 3.8) is 0 Å². The number of hydrogen-bond donors (Lipinski definition) is 2. The third-order valence-electron chi connectivity index (χ3n) is 3.84. The average Bonchev–Trinajstić information content (AvgIpc) is 3.04. The molecule has 3 rings (SSSR count). The number of amidine groups is 1. The molecule has 0 amide bonds. The molecule has 0 spiro atoms. The summed E-state index contributed by atoms with van der Waals surface area (Å²) in [5, 5.41) is 0. The number of H-pyrrole nitrogens is 1. The molecule has 0 aliphatic heterocycles. The van der Waals surface area contributed by atoms with Crippen LogP contribution in [-0.2, 0) is 4.74 Å². The van der Waals surface area contributed by atoms with E-state index in [9.17, 15) is 4.79 Å². The fourth-order valence-electron chi connectivity index (χ4n) is 2.64. The first-order chi connectivity index (χ1) is 12.5. The molecule has 2 aromatic carbocycles. The molecule has 0 bridgehead atoms. The monoisotopic (exact) mass is 350 g/mol. The van der Waals surface area contributed by atoms with Crippen molar-refractivity contribution >= 4 is 22.8 Å². The Labute approximate surface area is 152 Å². The zero-order valence-electron chi connectivity index (χ0n) is 15.1. The van der Waals surface area contributed by atoms with Crippen molar-refractivity contribution in [2.75, 3.05) is 6.61 Å². The third-order valence-corrected chi connectivity index (χ3v) is 3.84. The molecule has 0 radical (unpaired) electrons. The van der Waals surface area contributed by atoms with Gasteiger partial charge in [0.05, 0.1) is 23.2 Å². The highest BCUT2D eigenvalue weighted by atomic mass is 16.5. The van der Waals surface area contributed by atoms with Gasteiger partial charge in [-0.3, -0.25) is 4.99 Å². The summed E-state index contributed by atoms with van der Waals surface area (Å²) in [5.41, 5.74) is 9.89. The second-order valence-corrected chi connectivity index (χ2v) is 6.22. The van der Waals surface area contributed by atoms with Crippen LogP contribution in [0.2, 0.25) is 0 Å². The second-order valence-electron chi connectivity index (χ2n) is 6.22. The molecule has 134 valence electrons. The van der Waals surface area contributed by atoms with Crippen molar-refractivity contribution in [2.45, 2.75) is 26.8 Å². The molecule has 6 nitrogen and oxygen atoms in total. The van der Waals surface area contributed by atoms with E-state index in [-0.39, 0.29) is 12.0 Å². The zero-order chi connectivity index (χ0) is 18.7. The Balaban J connectivity index is 1.89.